The molecule has 5 heteroatoms. The first-order chi connectivity index (χ1) is 11.7. The molecule has 3 aliphatic rings. The highest BCUT2D eigenvalue weighted by Gasteiger charge is 2.57. The summed E-state index contributed by atoms with van der Waals surface area (Å²) in [5, 5.41) is 0. The van der Waals surface area contributed by atoms with Gasteiger partial charge >= 0.3 is 11.9 Å². The summed E-state index contributed by atoms with van der Waals surface area (Å²) in [4.78, 5) is 24.4. The Morgan fingerprint density at radius 1 is 1.48 bits per heavy atom. The van der Waals surface area contributed by atoms with E-state index in [1.54, 1.807) is 19.9 Å². The molecule has 0 unspecified atom stereocenters. The third-order valence-electron chi connectivity index (χ3n) is 5.57. The molecule has 2 fully saturated rings. The van der Waals surface area contributed by atoms with E-state index in [1.165, 1.54) is 0 Å². The number of allylic oxidation sites excluding steroid dienone is 2. The van der Waals surface area contributed by atoms with E-state index in [9.17, 15) is 9.59 Å². The molecular formula is C20H26O5. The van der Waals surface area contributed by atoms with Crippen molar-refractivity contribution in [2.24, 2.45) is 5.92 Å². The molecule has 0 N–H and O–H groups in total. The van der Waals surface area contributed by atoms with E-state index in [-0.39, 0.29) is 29.7 Å². The summed E-state index contributed by atoms with van der Waals surface area (Å²) < 4.78 is 17.2. The topological polar surface area (TPSA) is 65.1 Å². The third-order valence-corrected chi connectivity index (χ3v) is 5.57. The van der Waals surface area contributed by atoms with Crippen LogP contribution < -0.4 is 0 Å². The number of epoxide rings is 1. The van der Waals surface area contributed by atoms with Crippen LogP contribution in [0.4, 0.5) is 0 Å². The molecule has 0 aromatic carbocycles. The van der Waals surface area contributed by atoms with Crippen molar-refractivity contribution < 1.29 is 23.8 Å². The van der Waals surface area contributed by atoms with Gasteiger partial charge in [-0.3, -0.25) is 0 Å². The Labute approximate surface area is 148 Å². The molecule has 1 aliphatic carbocycles. The minimum atomic E-state index is -0.565. The number of carbonyl (C=O) groups excluding carboxylic acids is 2. The second-order valence-electron chi connectivity index (χ2n) is 7.51. The van der Waals surface area contributed by atoms with Gasteiger partial charge in [-0.15, -0.1) is 0 Å². The largest absolute Gasteiger partial charge is 0.458 e. The number of esters is 2. The molecule has 0 bridgehead atoms. The van der Waals surface area contributed by atoms with E-state index in [4.69, 9.17) is 14.2 Å². The van der Waals surface area contributed by atoms with Crippen LogP contribution in [-0.2, 0) is 23.8 Å². The lowest BCUT2D eigenvalue weighted by molar-refractivity contribution is -0.145. The molecule has 136 valence electrons. The molecule has 25 heavy (non-hydrogen) atoms. The van der Waals surface area contributed by atoms with E-state index >= 15 is 0 Å². The predicted molar refractivity (Wildman–Crippen MR) is 92.7 cm³/mol. The zero-order valence-corrected chi connectivity index (χ0v) is 15.3. The standard InChI is InChI=1S/C20H26O5/c1-6-12(3)18(21)23-14-9-11(2)7-8-16-20(5,25-16)10-15-17(14)13(4)19(22)24-15/h6,9,14-17H,4,7-8,10H2,1-3,5H3/b11-9+,12-6-/t14-,15+,16-,17+,20-/m1/s1. The Kier molecular flexibility index (Phi) is 4.62. The van der Waals surface area contributed by atoms with Crippen molar-refractivity contribution in [3.05, 3.63) is 35.5 Å². The van der Waals surface area contributed by atoms with Gasteiger partial charge in [0.1, 0.15) is 12.2 Å². The maximum absolute atomic E-state index is 12.3. The van der Waals surface area contributed by atoms with Crippen LogP contribution in [0.25, 0.3) is 0 Å². The van der Waals surface area contributed by atoms with Crippen LogP contribution in [-0.4, -0.2) is 35.9 Å². The highest BCUT2D eigenvalue weighted by molar-refractivity contribution is 5.91. The first-order valence-corrected chi connectivity index (χ1v) is 8.84. The van der Waals surface area contributed by atoms with E-state index in [2.05, 4.69) is 13.5 Å². The summed E-state index contributed by atoms with van der Waals surface area (Å²) in [6.45, 7) is 11.5. The Hall–Kier alpha value is -1.88. The number of hydrogen-bond acceptors (Lipinski definition) is 5. The van der Waals surface area contributed by atoms with Gasteiger partial charge in [0, 0.05) is 17.6 Å². The fourth-order valence-corrected chi connectivity index (χ4v) is 3.73. The van der Waals surface area contributed by atoms with Gasteiger partial charge in [0.05, 0.1) is 17.6 Å². The zero-order chi connectivity index (χ0) is 18.4. The van der Waals surface area contributed by atoms with Crippen LogP contribution in [0.1, 0.15) is 47.0 Å². The number of rotatable bonds is 2. The summed E-state index contributed by atoms with van der Waals surface area (Å²) >= 11 is 0. The molecule has 5 nitrogen and oxygen atoms in total. The number of hydrogen-bond donors (Lipinski definition) is 0. The molecule has 3 rings (SSSR count). The minimum absolute atomic E-state index is 0.188. The molecule has 0 spiro atoms. The lowest BCUT2D eigenvalue weighted by Crippen LogP contribution is -2.35. The first-order valence-electron chi connectivity index (χ1n) is 8.84. The highest BCUT2D eigenvalue weighted by Crippen LogP contribution is 2.48. The maximum Gasteiger partial charge on any atom is 0.334 e. The third kappa shape index (κ3) is 3.43. The van der Waals surface area contributed by atoms with Crippen LogP contribution in [0.2, 0.25) is 0 Å². The molecule has 0 amide bonds. The van der Waals surface area contributed by atoms with E-state index < -0.39 is 12.1 Å². The van der Waals surface area contributed by atoms with Crippen LogP contribution in [0.3, 0.4) is 0 Å². The van der Waals surface area contributed by atoms with Crippen molar-refractivity contribution in [1.82, 2.24) is 0 Å². The quantitative estimate of drug-likeness (QED) is 0.332. The normalized spacial score (nSPS) is 40.3. The fourth-order valence-electron chi connectivity index (χ4n) is 3.73. The lowest BCUT2D eigenvalue weighted by Gasteiger charge is -2.27. The van der Waals surface area contributed by atoms with E-state index in [0.717, 1.165) is 18.4 Å². The zero-order valence-electron chi connectivity index (χ0n) is 15.3. The molecule has 0 aromatic heterocycles. The molecule has 0 aromatic rings. The molecule has 2 heterocycles. The highest BCUT2D eigenvalue weighted by atomic mass is 16.6. The van der Waals surface area contributed by atoms with Crippen LogP contribution in [0.5, 0.6) is 0 Å². The second kappa shape index (κ2) is 6.45. The van der Waals surface area contributed by atoms with E-state index in [1.807, 2.05) is 13.0 Å². The van der Waals surface area contributed by atoms with Gasteiger partial charge in [0.25, 0.3) is 0 Å². The Balaban J connectivity index is 1.94. The van der Waals surface area contributed by atoms with Gasteiger partial charge in [0.15, 0.2) is 0 Å². The van der Waals surface area contributed by atoms with Gasteiger partial charge in [0.2, 0.25) is 0 Å². The average Bonchev–Trinajstić information content (AvgIpc) is 3.11. The Bertz CT molecular complexity index is 674. The van der Waals surface area contributed by atoms with Gasteiger partial charge in [-0.2, -0.15) is 0 Å². The molecule has 0 saturated carbocycles. The number of fused-ring (bicyclic) bond motifs is 2. The Morgan fingerprint density at radius 3 is 2.88 bits per heavy atom. The summed E-state index contributed by atoms with van der Waals surface area (Å²) in [6, 6.07) is 0. The lowest BCUT2D eigenvalue weighted by atomic mass is 9.83. The number of carbonyl (C=O) groups is 2. The summed E-state index contributed by atoms with van der Waals surface area (Å²) in [5.74, 6) is -1.17. The van der Waals surface area contributed by atoms with Gasteiger partial charge in [-0.05, 0) is 46.6 Å². The Morgan fingerprint density at radius 2 is 2.20 bits per heavy atom. The summed E-state index contributed by atoms with van der Waals surface area (Å²) in [5.41, 5.74) is 1.74. The van der Waals surface area contributed by atoms with Crippen molar-refractivity contribution in [2.75, 3.05) is 0 Å². The van der Waals surface area contributed by atoms with Gasteiger partial charge < -0.3 is 14.2 Å². The second-order valence-corrected chi connectivity index (χ2v) is 7.51. The van der Waals surface area contributed by atoms with Gasteiger partial charge in [-0.25, -0.2) is 9.59 Å². The monoisotopic (exact) mass is 346 g/mol. The van der Waals surface area contributed by atoms with Gasteiger partial charge in [-0.1, -0.05) is 18.2 Å². The summed E-state index contributed by atoms with van der Waals surface area (Å²) in [7, 11) is 0. The van der Waals surface area contributed by atoms with Crippen LogP contribution >= 0.6 is 0 Å². The molecule has 2 saturated heterocycles. The SMILES string of the molecule is C=C1C(=O)O[C@H]2C[C@@]3(C)O[C@@H]3CC/C(C)=C/[C@@H](OC(=O)/C(C)=C\C)[C@H]12. The van der Waals surface area contributed by atoms with Crippen molar-refractivity contribution >= 4 is 11.9 Å². The maximum atomic E-state index is 12.3. The molecular weight excluding hydrogens is 320 g/mol. The van der Waals surface area contributed by atoms with Crippen molar-refractivity contribution in [2.45, 2.75) is 70.9 Å². The van der Waals surface area contributed by atoms with Crippen LogP contribution in [0.15, 0.2) is 35.5 Å². The van der Waals surface area contributed by atoms with Crippen molar-refractivity contribution in [1.29, 1.82) is 0 Å². The van der Waals surface area contributed by atoms with E-state index in [0.29, 0.717) is 17.6 Å². The minimum Gasteiger partial charge on any atom is -0.458 e. The fraction of sp³-hybridized carbons (Fsp3) is 0.600. The van der Waals surface area contributed by atoms with Crippen molar-refractivity contribution in [3.8, 4) is 0 Å². The molecule has 5 atom stereocenters. The average molecular weight is 346 g/mol. The molecule has 2 aliphatic heterocycles. The molecule has 0 radical (unpaired) electrons. The van der Waals surface area contributed by atoms with Crippen molar-refractivity contribution in [3.63, 3.8) is 0 Å². The summed E-state index contributed by atoms with van der Waals surface area (Å²) in [6.07, 6.45) is 5.27. The van der Waals surface area contributed by atoms with Crippen LogP contribution in [0, 0.1) is 5.92 Å². The smallest absolute Gasteiger partial charge is 0.334 e. The number of ether oxygens (including phenoxy) is 3. The first kappa shape index (κ1) is 17.9. The predicted octanol–water partition coefficient (Wildman–Crippen LogP) is 3.25.